The van der Waals surface area contributed by atoms with Gasteiger partial charge in [-0.05, 0) is 36.0 Å². The van der Waals surface area contributed by atoms with E-state index in [1.807, 2.05) is 12.1 Å². The molecule has 0 aromatic heterocycles. The van der Waals surface area contributed by atoms with Crippen LogP contribution in [0.2, 0.25) is 0 Å². The van der Waals surface area contributed by atoms with Gasteiger partial charge in [0.15, 0.2) is 0 Å². The van der Waals surface area contributed by atoms with Gasteiger partial charge in [0.2, 0.25) is 0 Å². The average Bonchev–Trinajstić information content (AvgIpc) is 2.63. The Kier molecular flexibility index (Phi) is 2.34. The van der Waals surface area contributed by atoms with E-state index in [4.69, 9.17) is 5.11 Å². The van der Waals surface area contributed by atoms with Crippen molar-refractivity contribution in [1.29, 1.82) is 0 Å². The number of aryl methyl sites for hydroxylation is 2. The van der Waals surface area contributed by atoms with Crippen LogP contribution in [0.5, 0.6) is 0 Å². The Labute approximate surface area is 77.8 Å². The molecular formula is C11H14O2. The van der Waals surface area contributed by atoms with Gasteiger partial charge < -0.3 is 10.2 Å². The minimum atomic E-state index is -0.717. The van der Waals surface area contributed by atoms with Crippen LogP contribution >= 0.6 is 0 Å². The van der Waals surface area contributed by atoms with Gasteiger partial charge in [-0.1, -0.05) is 18.2 Å². The molecule has 1 aromatic rings. The first-order chi connectivity index (χ1) is 6.31. The Bertz CT molecular complexity index is 307. The first-order valence-electron chi connectivity index (χ1n) is 4.72. The van der Waals surface area contributed by atoms with Gasteiger partial charge >= 0.3 is 0 Å². The van der Waals surface area contributed by atoms with Crippen molar-refractivity contribution in [2.45, 2.75) is 25.4 Å². The molecule has 0 spiro atoms. The van der Waals surface area contributed by atoms with Gasteiger partial charge in [-0.3, -0.25) is 0 Å². The smallest absolute Gasteiger partial charge is 0.102 e. The maximum atomic E-state index is 9.41. The van der Waals surface area contributed by atoms with E-state index in [2.05, 4.69) is 6.07 Å². The van der Waals surface area contributed by atoms with E-state index in [1.165, 1.54) is 17.5 Å². The lowest BCUT2D eigenvalue weighted by Crippen LogP contribution is -2.02. The van der Waals surface area contributed by atoms with Gasteiger partial charge in [0.25, 0.3) is 0 Å². The number of hydrogen-bond acceptors (Lipinski definition) is 2. The van der Waals surface area contributed by atoms with E-state index >= 15 is 0 Å². The van der Waals surface area contributed by atoms with Gasteiger partial charge in [0.1, 0.15) is 6.10 Å². The summed E-state index contributed by atoms with van der Waals surface area (Å²) in [4.78, 5) is 0. The summed E-state index contributed by atoms with van der Waals surface area (Å²) in [5.74, 6) is 0. The van der Waals surface area contributed by atoms with Crippen molar-refractivity contribution in [3.63, 3.8) is 0 Å². The number of aliphatic hydroxyl groups excluding tert-OH is 2. The molecule has 0 amide bonds. The standard InChI is InChI=1S/C11H14O2/c12-7-11(13)10-5-4-8-2-1-3-9(8)6-10/h4-6,11-13H,1-3,7H2/t11-/m0/s1. The number of rotatable bonds is 2. The predicted molar refractivity (Wildman–Crippen MR) is 50.5 cm³/mol. The second-order valence-corrected chi connectivity index (χ2v) is 3.58. The first kappa shape index (κ1) is 8.73. The number of aliphatic hydroxyl groups is 2. The summed E-state index contributed by atoms with van der Waals surface area (Å²) >= 11 is 0. The van der Waals surface area contributed by atoms with Crippen molar-refractivity contribution in [1.82, 2.24) is 0 Å². The van der Waals surface area contributed by atoms with Crippen LogP contribution in [-0.2, 0) is 12.8 Å². The van der Waals surface area contributed by atoms with Crippen LogP contribution in [0.3, 0.4) is 0 Å². The Balaban J connectivity index is 2.30. The minimum absolute atomic E-state index is 0.196. The Morgan fingerprint density at radius 3 is 2.77 bits per heavy atom. The summed E-state index contributed by atoms with van der Waals surface area (Å²) in [5.41, 5.74) is 3.57. The van der Waals surface area contributed by atoms with Crippen LogP contribution in [0.4, 0.5) is 0 Å². The fraction of sp³-hybridized carbons (Fsp3) is 0.455. The molecule has 0 heterocycles. The molecule has 2 nitrogen and oxygen atoms in total. The van der Waals surface area contributed by atoms with Crippen molar-refractivity contribution in [2.24, 2.45) is 0 Å². The molecule has 13 heavy (non-hydrogen) atoms. The van der Waals surface area contributed by atoms with Gasteiger partial charge in [0.05, 0.1) is 6.61 Å². The van der Waals surface area contributed by atoms with Gasteiger partial charge in [-0.25, -0.2) is 0 Å². The highest BCUT2D eigenvalue weighted by Gasteiger charge is 2.13. The molecule has 0 saturated carbocycles. The van der Waals surface area contributed by atoms with E-state index in [0.717, 1.165) is 18.4 Å². The molecule has 1 aromatic carbocycles. The first-order valence-corrected chi connectivity index (χ1v) is 4.72. The topological polar surface area (TPSA) is 40.5 Å². The zero-order valence-corrected chi connectivity index (χ0v) is 7.53. The molecule has 0 saturated heterocycles. The van der Waals surface area contributed by atoms with Crippen molar-refractivity contribution >= 4 is 0 Å². The highest BCUT2D eigenvalue weighted by Crippen LogP contribution is 2.25. The lowest BCUT2D eigenvalue weighted by molar-refractivity contribution is 0.0955. The van der Waals surface area contributed by atoms with E-state index in [9.17, 15) is 5.11 Å². The van der Waals surface area contributed by atoms with Gasteiger partial charge in [-0.2, -0.15) is 0 Å². The minimum Gasteiger partial charge on any atom is -0.393 e. The summed E-state index contributed by atoms with van der Waals surface area (Å²) in [6.07, 6.45) is 2.77. The second-order valence-electron chi connectivity index (χ2n) is 3.58. The quantitative estimate of drug-likeness (QED) is 0.714. The number of hydrogen-bond donors (Lipinski definition) is 2. The van der Waals surface area contributed by atoms with Crippen molar-refractivity contribution in [2.75, 3.05) is 6.61 Å². The molecule has 0 aliphatic heterocycles. The lowest BCUT2D eigenvalue weighted by atomic mass is 10.0. The third-order valence-electron chi connectivity index (χ3n) is 2.68. The van der Waals surface area contributed by atoms with Crippen molar-refractivity contribution < 1.29 is 10.2 Å². The van der Waals surface area contributed by atoms with Crippen LogP contribution < -0.4 is 0 Å². The zero-order valence-electron chi connectivity index (χ0n) is 7.53. The molecule has 0 bridgehead atoms. The fourth-order valence-corrected chi connectivity index (χ4v) is 1.90. The summed E-state index contributed by atoms with van der Waals surface area (Å²) in [7, 11) is 0. The number of benzene rings is 1. The summed E-state index contributed by atoms with van der Waals surface area (Å²) in [5, 5.41) is 18.2. The van der Waals surface area contributed by atoms with Crippen LogP contribution in [0.1, 0.15) is 29.2 Å². The molecule has 2 heteroatoms. The van der Waals surface area contributed by atoms with E-state index in [0.29, 0.717) is 0 Å². The maximum absolute atomic E-state index is 9.41. The Morgan fingerprint density at radius 2 is 2.00 bits per heavy atom. The summed E-state index contributed by atoms with van der Waals surface area (Å²) in [6.45, 7) is -0.196. The van der Waals surface area contributed by atoms with Crippen LogP contribution in [0, 0.1) is 0 Å². The van der Waals surface area contributed by atoms with E-state index < -0.39 is 6.10 Å². The second kappa shape index (κ2) is 3.48. The van der Waals surface area contributed by atoms with Crippen LogP contribution in [-0.4, -0.2) is 16.8 Å². The zero-order chi connectivity index (χ0) is 9.26. The molecule has 0 fully saturated rings. The van der Waals surface area contributed by atoms with E-state index in [-0.39, 0.29) is 6.61 Å². The molecular weight excluding hydrogens is 164 g/mol. The SMILES string of the molecule is OC[C@H](O)c1ccc2c(c1)CCC2. The molecule has 1 aliphatic rings. The third kappa shape index (κ3) is 1.60. The monoisotopic (exact) mass is 178 g/mol. The molecule has 0 radical (unpaired) electrons. The molecule has 2 rings (SSSR count). The Morgan fingerprint density at radius 1 is 1.23 bits per heavy atom. The van der Waals surface area contributed by atoms with Crippen LogP contribution in [0.25, 0.3) is 0 Å². The largest absolute Gasteiger partial charge is 0.393 e. The number of fused-ring (bicyclic) bond motifs is 1. The average molecular weight is 178 g/mol. The highest BCUT2D eigenvalue weighted by molar-refractivity contribution is 5.36. The normalized spacial score (nSPS) is 17.1. The maximum Gasteiger partial charge on any atom is 0.102 e. The van der Waals surface area contributed by atoms with Gasteiger partial charge in [0, 0.05) is 0 Å². The predicted octanol–water partition coefficient (Wildman–Crippen LogP) is 1.20. The summed E-state index contributed by atoms with van der Waals surface area (Å²) in [6, 6.07) is 5.99. The van der Waals surface area contributed by atoms with E-state index in [1.54, 1.807) is 0 Å². The molecule has 2 N–H and O–H groups in total. The fourth-order valence-electron chi connectivity index (χ4n) is 1.90. The third-order valence-corrected chi connectivity index (χ3v) is 2.68. The van der Waals surface area contributed by atoms with Crippen LogP contribution in [0.15, 0.2) is 18.2 Å². The highest BCUT2D eigenvalue weighted by atomic mass is 16.3. The molecule has 1 aliphatic carbocycles. The molecule has 0 unspecified atom stereocenters. The van der Waals surface area contributed by atoms with Crippen molar-refractivity contribution in [3.05, 3.63) is 34.9 Å². The molecule has 70 valence electrons. The van der Waals surface area contributed by atoms with Crippen molar-refractivity contribution in [3.8, 4) is 0 Å². The van der Waals surface area contributed by atoms with Gasteiger partial charge in [-0.15, -0.1) is 0 Å². The lowest BCUT2D eigenvalue weighted by Gasteiger charge is -2.09. The Hall–Kier alpha value is -0.860. The molecule has 1 atom stereocenters. The summed E-state index contributed by atoms with van der Waals surface area (Å²) < 4.78 is 0.